The number of thioether (sulfide) groups is 1. The Morgan fingerprint density at radius 2 is 2.31 bits per heavy atom. The van der Waals surface area contributed by atoms with Crippen molar-refractivity contribution in [3.8, 4) is 0 Å². The van der Waals surface area contributed by atoms with Gasteiger partial charge in [0.1, 0.15) is 5.84 Å². The summed E-state index contributed by atoms with van der Waals surface area (Å²) in [6.07, 6.45) is 0. The number of hydrogen-bond acceptors (Lipinski definition) is 2. The van der Waals surface area contributed by atoms with Crippen LogP contribution in [0.4, 0.5) is 0 Å². The fourth-order valence-corrected chi connectivity index (χ4v) is 2.15. The molecule has 4 heteroatoms. The van der Waals surface area contributed by atoms with Crippen LogP contribution in [0.1, 0.15) is 12.5 Å². The van der Waals surface area contributed by atoms with Gasteiger partial charge in [0.25, 0.3) is 0 Å². The maximum atomic E-state index is 7.39. The molecule has 0 spiro atoms. The summed E-state index contributed by atoms with van der Waals surface area (Å²) in [6, 6.07) is 5.82. The summed E-state index contributed by atoms with van der Waals surface area (Å²) in [5, 5.41) is 7.39. The summed E-state index contributed by atoms with van der Waals surface area (Å²) < 4.78 is 0.957. The number of halogens is 1. The van der Waals surface area contributed by atoms with E-state index in [0.717, 1.165) is 20.7 Å². The summed E-state index contributed by atoms with van der Waals surface area (Å²) in [5.74, 6) is 1.11. The molecular formula is C9H11BrN2S. The third-order valence-electron chi connectivity index (χ3n) is 1.53. The van der Waals surface area contributed by atoms with E-state index >= 15 is 0 Å². The summed E-state index contributed by atoms with van der Waals surface area (Å²) in [6.45, 7) is 2.08. The Bertz CT molecular complexity index is 325. The molecule has 1 aromatic rings. The van der Waals surface area contributed by atoms with Crippen molar-refractivity contribution in [2.24, 2.45) is 5.73 Å². The highest BCUT2D eigenvalue weighted by Crippen LogP contribution is 2.25. The van der Waals surface area contributed by atoms with Crippen LogP contribution in [0, 0.1) is 5.41 Å². The van der Waals surface area contributed by atoms with Gasteiger partial charge in [-0.1, -0.05) is 22.9 Å². The first-order valence-electron chi connectivity index (χ1n) is 3.92. The van der Waals surface area contributed by atoms with E-state index in [2.05, 4.69) is 22.9 Å². The lowest BCUT2D eigenvalue weighted by atomic mass is 10.2. The van der Waals surface area contributed by atoms with Gasteiger partial charge in [-0.2, -0.15) is 0 Å². The highest BCUT2D eigenvalue weighted by atomic mass is 79.9. The number of nitrogens with two attached hydrogens (primary N) is 1. The van der Waals surface area contributed by atoms with Gasteiger partial charge in [-0.05, 0) is 24.0 Å². The van der Waals surface area contributed by atoms with Crippen molar-refractivity contribution < 1.29 is 0 Å². The van der Waals surface area contributed by atoms with Crippen LogP contribution < -0.4 is 5.73 Å². The molecule has 2 nitrogen and oxygen atoms in total. The standard InChI is InChI=1S/C9H11BrN2S/c1-2-13-8-4-3-6(10)5-7(8)9(11)12/h3-5H,2H2,1H3,(H3,11,12). The summed E-state index contributed by atoms with van der Waals surface area (Å²) >= 11 is 5.05. The average molecular weight is 259 g/mol. The minimum Gasteiger partial charge on any atom is -0.384 e. The summed E-state index contributed by atoms with van der Waals surface area (Å²) in [4.78, 5) is 1.07. The molecule has 13 heavy (non-hydrogen) atoms. The first-order chi connectivity index (χ1) is 6.15. The molecule has 1 aromatic carbocycles. The predicted molar refractivity (Wildman–Crippen MR) is 61.6 cm³/mol. The topological polar surface area (TPSA) is 49.9 Å². The van der Waals surface area contributed by atoms with Crippen LogP contribution in [0.15, 0.2) is 27.6 Å². The van der Waals surface area contributed by atoms with Gasteiger partial charge >= 0.3 is 0 Å². The van der Waals surface area contributed by atoms with Crippen LogP contribution in [0.25, 0.3) is 0 Å². The Balaban J connectivity index is 3.10. The molecule has 0 fully saturated rings. The number of nitrogens with one attached hydrogen (secondary N) is 1. The molecule has 0 aliphatic heterocycles. The quantitative estimate of drug-likeness (QED) is 0.498. The number of nitrogen functional groups attached to an aromatic ring is 1. The van der Waals surface area contributed by atoms with Crippen molar-refractivity contribution in [2.45, 2.75) is 11.8 Å². The molecule has 0 radical (unpaired) electrons. The van der Waals surface area contributed by atoms with Gasteiger partial charge in [-0.25, -0.2) is 0 Å². The molecule has 0 saturated heterocycles. The van der Waals surface area contributed by atoms with Gasteiger partial charge in [0, 0.05) is 14.9 Å². The second-order valence-corrected chi connectivity index (χ2v) is 4.71. The van der Waals surface area contributed by atoms with Crippen molar-refractivity contribution in [2.75, 3.05) is 5.75 Å². The summed E-state index contributed by atoms with van der Waals surface area (Å²) in [7, 11) is 0. The van der Waals surface area contributed by atoms with E-state index in [1.54, 1.807) is 11.8 Å². The molecule has 1 rings (SSSR count). The Morgan fingerprint density at radius 1 is 1.62 bits per heavy atom. The van der Waals surface area contributed by atoms with Crippen LogP contribution in [-0.2, 0) is 0 Å². The lowest BCUT2D eigenvalue weighted by Gasteiger charge is -2.06. The molecule has 0 amide bonds. The summed E-state index contributed by atoms with van der Waals surface area (Å²) in [5.41, 5.74) is 6.27. The fourth-order valence-electron chi connectivity index (χ4n) is 0.994. The number of benzene rings is 1. The highest BCUT2D eigenvalue weighted by Gasteiger charge is 2.05. The molecule has 0 atom stereocenters. The van der Waals surface area contributed by atoms with E-state index in [4.69, 9.17) is 11.1 Å². The van der Waals surface area contributed by atoms with Gasteiger partial charge in [0.2, 0.25) is 0 Å². The van der Waals surface area contributed by atoms with E-state index in [1.165, 1.54) is 0 Å². The van der Waals surface area contributed by atoms with Gasteiger partial charge in [-0.15, -0.1) is 11.8 Å². The molecule has 0 aliphatic carbocycles. The number of hydrogen-bond donors (Lipinski definition) is 2. The van der Waals surface area contributed by atoms with E-state index < -0.39 is 0 Å². The van der Waals surface area contributed by atoms with E-state index in [0.29, 0.717) is 0 Å². The lowest BCUT2D eigenvalue weighted by molar-refractivity contribution is 1.33. The number of amidine groups is 1. The first-order valence-corrected chi connectivity index (χ1v) is 5.69. The number of rotatable bonds is 3. The average Bonchev–Trinajstić information content (AvgIpc) is 2.08. The third kappa shape index (κ3) is 2.74. The van der Waals surface area contributed by atoms with Crippen molar-refractivity contribution in [3.63, 3.8) is 0 Å². The molecule has 0 unspecified atom stereocenters. The van der Waals surface area contributed by atoms with Crippen molar-refractivity contribution in [1.29, 1.82) is 5.41 Å². The van der Waals surface area contributed by atoms with Crippen LogP contribution in [0.3, 0.4) is 0 Å². The monoisotopic (exact) mass is 258 g/mol. The van der Waals surface area contributed by atoms with Crippen molar-refractivity contribution >= 4 is 33.5 Å². The minimum absolute atomic E-state index is 0.122. The molecule has 3 N–H and O–H groups in total. The molecule has 0 aliphatic rings. The maximum absolute atomic E-state index is 7.39. The third-order valence-corrected chi connectivity index (χ3v) is 2.98. The van der Waals surface area contributed by atoms with Crippen LogP contribution >= 0.6 is 27.7 Å². The van der Waals surface area contributed by atoms with E-state index in [-0.39, 0.29) is 5.84 Å². The first kappa shape index (κ1) is 10.6. The zero-order valence-corrected chi connectivity index (χ0v) is 9.71. The van der Waals surface area contributed by atoms with Crippen molar-refractivity contribution in [3.05, 3.63) is 28.2 Å². The van der Waals surface area contributed by atoms with Gasteiger partial charge in [-0.3, -0.25) is 5.41 Å². The van der Waals surface area contributed by atoms with E-state index in [9.17, 15) is 0 Å². The van der Waals surface area contributed by atoms with Crippen LogP contribution in [0.5, 0.6) is 0 Å². The van der Waals surface area contributed by atoms with E-state index in [1.807, 2.05) is 18.2 Å². The molecule has 70 valence electrons. The smallest absolute Gasteiger partial charge is 0.123 e. The Kier molecular flexibility index (Phi) is 3.81. The van der Waals surface area contributed by atoms with Gasteiger partial charge in [0.15, 0.2) is 0 Å². The molecule has 0 heterocycles. The molecular weight excluding hydrogens is 248 g/mol. The molecule has 0 aromatic heterocycles. The van der Waals surface area contributed by atoms with Crippen LogP contribution in [-0.4, -0.2) is 11.6 Å². The van der Waals surface area contributed by atoms with Crippen molar-refractivity contribution in [1.82, 2.24) is 0 Å². The predicted octanol–water partition coefficient (Wildman–Crippen LogP) is 2.85. The Labute approximate surface area is 90.5 Å². The second-order valence-electron chi connectivity index (χ2n) is 2.49. The Hall–Kier alpha value is -0.480. The largest absolute Gasteiger partial charge is 0.384 e. The lowest BCUT2D eigenvalue weighted by Crippen LogP contribution is -2.12. The Morgan fingerprint density at radius 3 is 2.85 bits per heavy atom. The maximum Gasteiger partial charge on any atom is 0.123 e. The fraction of sp³-hybridized carbons (Fsp3) is 0.222. The SMILES string of the molecule is CCSc1ccc(Br)cc1C(=N)N. The van der Waals surface area contributed by atoms with Gasteiger partial charge < -0.3 is 5.73 Å². The van der Waals surface area contributed by atoms with Gasteiger partial charge in [0.05, 0.1) is 0 Å². The molecule has 0 saturated carbocycles. The minimum atomic E-state index is 0.122. The van der Waals surface area contributed by atoms with Crippen LogP contribution in [0.2, 0.25) is 0 Å². The molecule has 0 bridgehead atoms. The zero-order valence-electron chi connectivity index (χ0n) is 7.30. The zero-order chi connectivity index (χ0) is 9.84. The highest BCUT2D eigenvalue weighted by molar-refractivity contribution is 9.10. The normalized spacial score (nSPS) is 10.0. The second kappa shape index (κ2) is 4.67.